The number of carbonyl (C=O) groups is 2. The lowest BCUT2D eigenvalue weighted by Crippen LogP contribution is -2.17. The summed E-state index contributed by atoms with van der Waals surface area (Å²) in [6.45, 7) is 6.63. The highest BCUT2D eigenvalue weighted by molar-refractivity contribution is 6.04. The molecule has 0 heterocycles. The number of hydrogen-bond donors (Lipinski definition) is 0. The Hall–Kier alpha value is -1.84. The van der Waals surface area contributed by atoms with Crippen LogP contribution in [-0.4, -0.2) is 25.7 Å². The lowest BCUT2D eigenvalue weighted by Gasteiger charge is -2.15. The molecule has 0 amide bonds. The van der Waals surface area contributed by atoms with E-state index in [0.29, 0.717) is 17.7 Å². The molecule has 1 rings (SSSR count). The Morgan fingerprint density at radius 3 is 2.24 bits per heavy atom. The van der Waals surface area contributed by atoms with Gasteiger partial charge < -0.3 is 9.47 Å². The molecule has 140 valence electrons. The molecule has 0 aliphatic rings. The quantitative estimate of drug-likeness (QED) is 0.405. The Morgan fingerprint density at radius 2 is 1.60 bits per heavy atom. The van der Waals surface area contributed by atoms with Crippen molar-refractivity contribution in [2.75, 3.05) is 13.7 Å². The fraction of sp³-hybridized carbons (Fsp3) is 0.619. The summed E-state index contributed by atoms with van der Waals surface area (Å²) in [6.07, 6.45) is 8.11. The number of ether oxygens (including phenoxy) is 2. The molecule has 0 fully saturated rings. The molecule has 0 saturated carbocycles. The third-order valence-electron chi connectivity index (χ3n) is 4.42. The number of carbonyl (C=O) groups excluding carboxylic acids is 2. The number of unbranched alkanes of at least 4 members (excludes halogenated alkanes) is 5. The van der Waals surface area contributed by atoms with E-state index in [2.05, 4.69) is 13.8 Å². The van der Waals surface area contributed by atoms with Crippen LogP contribution in [0.3, 0.4) is 0 Å². The summed E-state index contributed by atoms with van der Waals surface area (Å²) in [7, 11) is 1.35. The van der Waals surface area contributed by atoms with E-state index in [0.717, 1.165) is 62.5 Å². The van der Waals surface area contributed by atoms with Gasteiger partial charge in [0, 0.05) is 0 Å². The molecule has 4 heteroatoms. The number of benzene rings is 1. The molecule has 1 aromatic rings. The highest BCUT2D eigenvalue weighted by Gasteiger charge is 2.23. The number of methoxy groups -OCH3 is 1. The Balaban J connectivity index is 2.98. The van der Waals surface area contributed by atoms with E-state index in [-0.39, 0.29) is 0 Å². The van der Waals surface area contributed by atoms with Crippen molar-refractivity contribution in [3.8, 4) is 0 Å². The highest BCUT2D eigenvalue weighted by Crippen LogP contribution is 2.23. The summed E-state index contributed by atoms with van der Waals surface area (Å²) in [4.78, 5) is 24.8. The van der Waals surface area contributed by atoms with E-state index in [1.807, 2.05) is 13.0 Å². The van der Waals surface area contributed by atoms with E-state index in [4.69, 9.17) is 9.47 Å². The van der Waals surface area contributed by atoms with Crippen molar-refractivity contribution >= 4 is 11.9 Å². The Bertz CT molecular complexity index is 563. The minimum absolute atomic E-state index is 0.319. The third-order valence-corrected chi connectivity index (χ3v) is 4.42. The van der Waals surface area contributed by atoms with Gasteiger partial charge in [0.1, 0.15) is 0 Å². The van der Waals surface area contributed by atoms with Crippen molar-refractivity contribution in [1.82, 2.24) is 0 Å². The van der Waals surface area contributed by atoms with E-state index >= 15 is 0 Å². The zero-order valence-corrected chi connectivity index (χ0v) is 16.2. The average molecular weight is 348 g/mol. The number of esters is 2. The zero-order valence-electron chi connectivity index (χ0n) is 16.2. The molecule has 0 spiro atoms. The van der Waals surface area contributed by atoms with Gasteiger partial charge in [0.05, 0.1) is 24.8 Å². The van der Waals surface area contributed by atoms with Gasteiger partial charge in [-0.1, -0.05) is 52.0 Å². The fourth-order valence-electron chi connectivity index (χ4n) is 2.90. The van der Waals surface area contributed by atoms with Crippen LogP contribution in [0.25, 0.3) is 0 Å². The minimum Gasteiger partial charge on any atom is -0.465 e. The maximum Gasteiger partial charge on any atom is 0.339 e. The van der Waals surface area contributed by atoms with Crippen molar-refractivity contribution in [2.24, 2.45) is 0 Å². The standard InChI is InChI=1S/C21H32O4/c1-5-7-9-11-15-25-20(22)18-14-13-16(3)17(12-10-8-6-2)19(18)21(23)24-4/h13-14H,5-12,15H2,1-4H3. The molecule has 25 heavy (non-hydrogen) atoms. The van der Waals surface area contributed by atoms with Crippen LogP contribution in [0, 0.1) is 6.92 Å². The first-order valence-electron chi connectivity index (χ1n) is 9.44. The largest absolute Gasteiger partial charge is 0.465 e. The fourth-order valence-corrected chi connectivity index (χ4v) is 2.90. The molecule has 1 aromatic carbocycles. The molecule has 0 radical (unpaired) electrons. The Labute approximate surface area is 151 Å². The topological polar surface area (TPSA) is 52.6 Å². The van der Waals surface area contributed by atoms with Gasteiger partial charge in [-0.15, -0.1) is 0 Å². The lowest BCUT2D eigenvalue weighted by molar-refractivity contribution is 0.0479. The summed E-state index contributed by atoms with van der Waals surface area (Å²) in [6, 6.07) is 3.57. The van der Waals surface area contributed by atoms with Gasteiger partial charge in [0.2, 0.25) is 0 Å². The van der Waals surface area contributed by atoms with Crippen molar-refractivity contribution in [2.45, 2.75) is 72.1 Å². The second-order valence-corrected chi connectivity index (χ2v) is 6.43. The molecular weight excluding hydrogens is 316 g/mol. The first kappa shape index (κ1) is 21.2. The summed E-state index contributed by atoms with van der Waals surface area (Å²) in [5.41, 5.74) is 2.60. The smallest absolute Gasteiger partial charge is 0.339 e. The van der Waals surface area contributed by atoms with Crippen LogP contribution >= 0.6 is 0 Å². The van der Waals surface area contributed by atoms with Gasteiger partial charge in [-0.2, -0.15) is 0 Å². The van der Waals surface area contributed by atoms with Crippen molar-refractivity contribution in [3.05, 3.63) is 34.4 Å². The van der Waals surface area contributed by atoms with Crippen LogP contribution in [0.2, 0.25) is 0 Å². The Morgan fingerprint density at radius 1 is 0.920 bits per heavy atom. The van der Waals surface area contributed by atoms with Gasteiger partial charge in [0.15, 0.2) is 0 Å². The van der Waals surface area contributed by atoms with E-state index in [9.17, 15) is 9.59 Å². The van der Waals surface area contributed by atoms with Crippen LogP contribution in [0.15, 0.2) is 12.1 Å². The summed E-state index contributed by atoms with van der Waals surface area (Å²) < 4.78 is 10.3. The maximum absolute atomic E-state index is 12.5. The predicted octanol–water partition coefficient (Wildman–Crippen LogP) is 5.25. The summed E-state index contributed by atoms with van der Waals surface area (Å²) in [5.74, 6) is -0.901. The van der Waals surface area contributed by atoms with Crippen LogP contribution in [0.4, 0.5) is 0 Å². The molecule has 0 atom stereocenters. The van der Waals surface area contributed by atoms with Gasteiger partial charge in [-0.05, 0) is 43.4 Å². The molecule has 0 unspecified atom stereocenters. The summed E-state index contributed by atoms with van der Waals surface area (Å²) in [5, 5.41) is 0. The van der Waals surface area contributed by atoms with Crippen molar-refractivity contribution in [3.63, 3.8) is 0 Å². The second-order valence-electron chi connectivity index (χ2n) is 6.43. The zero-order chi connectivity index (χ0) is 18.7. The van der Waals surface area contributed by atoms with Crippen molar-refractivity contribution < 1.29 is 19.1 Å². The van der Waals surface area contributed by atoms with Crippen LogP contribution < -0.4 is 0 Å². The van der Waals surface area contributed by atoms with E-state index in [1.54, 1.807) is 6.07 Å². The summed E-state index contributed by atoms with van der Waals surface area (Å²) >= 11 is 0. The molecule has 0 aliphatic carbocycles. The SMILES string of the molecule is CCCCCCOC(=O)c1ccc(C)c(CCCCC)c1C(=O)OC. The molecule has 0 aromatic heterocycles. The highest BCUT2D eigenvalue weighted by atomic mass is 16.5. The maximum atomic E-state index is 12.5. The number of hydrogen-bond acceptors (Lipinski definition) is 4. The van der Waals surface area contributed by atoms with Gasteiger partial charge in [-0.3, -0.25) is 0 Å². The van der Waals surface area contributed by atoms with Gasteiger partial charge >= 0.3 is 11.9 Å². The molecule has 0 N–H and O–H groups in total. The normalized spacial score (nSPS) is 10.6. The van der Waals surface area contributed by atoms with Crippen LogP contribution in [0.1, 0.15) is 90.6 Å². The third kappa shape index (κ3) is 6.52. The van der Waals surface area contributed by atoms with Crippen LogP contribution in [-0.2, 0) is 15.9 Å². The van der Waals surface area contributed by atoms with Gasteiger partial charge in [0.25, 0.3) is 0 Å². The number of rotatable bonds is 11. The first-order chi connectivity index (χ1) is 12.1. The van der Waals surface area contributed by atoms with E-state index < -0.39 is 11.9 Å². The van der Waals surface area contributed by atoms with E-state index in [1.165, 1.54) is 7.11 Å². The first-order valence-corrected chi connectivity index (χ1v) is 9.44. The molecular formula is C21H32O4. The number of aryl methyl sites for hydroxylation is 1. The molecule has 0 saturated heterocycles. The molecule has 0 bridgehead atoms. The molecule has 4 nitrogen and oxygen atoms in total. The Kier molecular flexibility index (Phi) is 9.90. The van der Waals surface area contributed by atoms with Gasteiger partial charge in [-0.25, -0.2) is 9.59 Å². The lowest BCUT2D eigenvalue weighted by atomic mass is 9.92. The monoisotopic (exact) mass is 348 g/mol. The second kappa shape index (κ2) is 11.7. The minimum atomic E-state index is -0.465. The predicted molar refractivity (Wildman–Crippen MR) is 100 cm³/mol. The average Bonchev–Trinajstić information content (AvgIpc) is 2.62. The van der Waals surface area contributed by atoms with Crippen LogP contribution in [0.5, 0.6) is 0 Å². The van der Waals surface area contributed by atoms with Crippen molar-refractivity contribution in [1.29, 1.82) is 0 Å². The molecule has 0 aliphatic heterocycles.